The van der Waals surface area contributed by atoms with Gasteiger partial charge in [-0.25, -0.2) is 4.79 Å². The van der Waals surface area contributed by atoms with E-state index in [1.807, 2.05) is 20.8 Å². The normalized spacial score (nSPS) is 12.9. The lowest BCUT2D eigenvalue weighted by Gasteiger charge is -2.08. The molecular formula is C9H14N2O2. The fraction of sp³-hybridized carbons (Fsp3) is 0.556. The van der Waals surface area contributed by atoms with E-state index in [1.165, 1.54) is 0 Å². The summed E-state index contributed by atoms with van der Waals surface area (Å²) in [6.45, 7) is 7.34. The second-order valence-electron chi connectivity index (χ2n) is 3.25. The minimum Gasteiger partial charge on any atom is -0.480 e. The van der Waals surface area contributed by atoms with Crippen molar-refractivity contribution in [2.75, 3.05) is 0 Å². The molecule has 0 saturated carbocycles. The Labute approximate surface area is 77.2 Å². The number of aliphatic carboxylic acids is 1. The van der Waals surface area contributed by atoms with Gasteiger partial charge in [0.15, 0.2) is 0 Å². The molecule has 0 spiro atoms. The summed E-state index contributed by atoms with van der Waals surface area (Å²) >= 11 is 0. The molecule has 0 aliphatic heterocycles. The molecule has 1 aromatic rings. The molecule has 0 bridgehead atoms. The summed E-state index contributed by atoms with van der Waals surface area (Å²) in [4.78, 5) is 10.7. The number of carbonyl (C=O) groups is 1. The maximum Gasteiger partial charge on any atom is 0.328 e. The fourth-order valence-electron chi connectivity index (χ4n) is 1.23. The zero-order valence-electron chi connectivity index (χ0n) is 8.33. The largest absolute Gasteiger partial charge is 0.480 e. The van der Waals surface area contributed by atoms with Gasteiger partial charge in [0.05, 0.1) is 5.69 Å². The van der Waals surface area contributed by atoms with Crippen LogP contribution in [0, 0.1) is 20.8 Å². The quantitative estimate of drug-likeness (QED) is 0.753. The lowest BCUT2D eigenvalue weighted by atomic mass is 10.2. The molecule has 0 aliphatic carbocycles. The van der Waals surface area contributed by atoms with Gasteiger partial charge in [-0.1, -0.05) is 0 Å². The maximum absolute atomic E-state index is 10.7. The van der Waals surface area contributed by atoms with Crippen LogP contribution in [0.4, 0.5) is 0 Å². The lowest BCUT2D eigenvalue weighted by molar-refractivity contribution is -0.140. The van der Waals surface area contributed by atoms with Crippen molar-refractivity contribution in [3.8, 4) is 0 Å². The number of hydrogen-bond donors (Lipinski definition) is 1. The third-order valence-corrected chi connectivity index (χ3v) is 2.41. The highest BCUT2D eigenvalue weighted by Gasteiger charge is 2.18. The Bertz CT molecular complexity index is 342. The Morgan fingerprint density at radius 1 is 1.46 bits per heavy atom. The van der Waals surface area contributed by atoms with Gasteiger partial charge in [0.2, 0.25) is 0 Å². The molecule has 1 aromatic heterocycles. The highest BCUT2D eigenvalue weighted by atomic mass is 16.4. The van der Waals surface area contributed by atoms with E-state index < -0.39 is 12.0 Å². The Morgan fingerprint density at radius 2 is 2.00 bits per heavy atom. The van der Waals surface area contributed by atoms with E-state index in [-0.39, 0.29) is 0 Å². The summed E-state index contributed by atoms with van der Waals surface area (Å²) in [5.41, 5.74) is 2.88. The van der Waals surface area contributed by atoms with Crippen LogP contribution in [0.15, 0.2) is 0 Å². The smallest absolute Gasteiger partial charge is 0.328 e. The van der Waals surface area contributed by atoms with Gasteiger partial charge in [-0.15, -0.1) is 0 Å². The zero-order valence-corrected chi connectivity index (χ0v) is 8.33. The molecule has 0 aromatic carbocycles. The van der Waals surface area contributed by atoms with Gasteiger partial charge in [-0.3, -0.25) is 4.68 Å². The van der Waals surface area contributed by atoms with E-state index in [0.29, 0.717) is 0 Å². The molecule has 0 fully saturated rings. The summed E-state index contributed by atoms with van der Waals surface area (Å²) in [7, 11) is 0. The number of hydrogen-bond acceptors (Lipinski definition) is 2. The van der Waals surface area contributed by atoms with Crippen molar-refractivity contribution in [2.24, 2.45) is 0 Å². The molecule has 4 heteroatoms. The molecular weight excluding hydrogens is 168 g/mol. The first-order valence-corrected chi connectivity index (χ1v) is 4.20. The first-order chi connectivity index (χ1) is 5.95. The van der Waals surface area contributed by atoms with E-state index in [1.54, 1.807) is 11.6 Å². The van der Waals surface area contributed by atoms with Crippen molar-refractivity contribution < 1.29 is 9.90 Å². The Morgan fingerprint density at radius 3 is 2.31 bits per heavy atom. The van der Waals surface area contributed by atoms with Gasteiger partial charge >= 0.3 is 5.97 Å². The molecule has 0 radical (unpaired) electrons. The summed E-state index contributed by atoms with van der Waals surface area (Å²) < 4.78 is 1.55. The predicted octanol–water partition coefficient (Wildman–Crippen LogP) is 1.45. The molecule has 0 amide bonds. The number of carboxylic acids is 1. The highest BCUT2D eigenvalue weighted by molar-refractivity contribution is 5.71. The van der Waals surface area contributed by atoms with Crippen LogP contribution in [0.25, 0.3) is 0 Å². The number of rotatable bonds is 2. The Kier molecular flexibility index (Phi) is 2.40. The zero-order chi connectivity index (χ0) is 10.2. The SMILES string of the molecule is Cc1nn(C(C)C(=O)O)c(C)c1C. The number of nitrogens with zero attached hydrogens (tertiary/aromatic N) is 2. The van der Waals surface area contributed by atoms with Crippen molar-refractivity contribution in [3.63, 3.8) is 0 Å². The molecule has 1 unspecified atom stereocenters. The van der Waals surface area contributed by atoms with Crippen LogP contribution in [0.3, 0.4) is 0 Å². The van der Waals surface area contributed by atoms with Crippen molar-refractivity contribution in [2.45, 2.75) is 33.7 Å². The van der Waals surface area contributed by atoms with Crippen molar-refractivity contribution in [1.29, 1.82) is 0 Å². The van der Waals surface area contributed by atoms with Crippen molar-refractivity contribution in [1.82, 2.24) is 9.78 Å². The van der Waals surface area contributed by atoms with E-state index in [2.05, 4.69) is 5.10 Å². The van der Waals surface area contributed by atoms with Crippen molar-refractivity contribution in [3.05, 3.63) is 17.0 Å². The monoisotopic (exact) mass is 182 g/mol. The predicted molar refractivity (Wildman–Crippen MR) is 48.8 cm³/mol. The van der Waals surface area contributed by atoms with E-state index in [0.717, 1.165) is 17.0 Å². The van der Waals surface area contributed by atoms with Crippen LogP contribution in [0.5, 0.6) is 0 Å². The molecule has 0 saturated heterocycles. The van der Waals surface area contributed by atoms with Crippen molar-refractivity contribution >= 4 is 5.97 Å². The lowest BCUT2D eigenvalue weighted by Crippen LogP contribution is -2.18. The van der Waals surface area contributed by atoms with Crippen LogP contribution in [0.2, 0.25) is 0 Å². The molecule has 1 heterocycles. The van der Waals surface area contributed by atoms with Gasteiger partial charge in [0.1, 0.15) is 6.04 Å². The molecule has 1 rings (SSSR count). The topological polar surface area (TPSA) is 55.1 Å². The van der Waals surface area contributed by atoms with Gasteiger partial charge in [0, 0.05) is 5.69 Å². The third kappa shape index (κ3) is 1.56. The van der Waals surface area contributed by atoms with E-state index in [9.17, 15) is 4.79 Å². The van der Waals surface area contributed by atoms with Gasteiger partial charge < -0.3 is 5.11 Å². The first-order valence-electron chi connectivity index (χ1n) is 4.20. The Hall–Kier alpha value is -1.32. The maximum atomic E-state index is 10.7. The standard InChI is InChI=1S/C9H14N2O2/c1-5-6(2)10-11(7(5)3)8(4)9(12)13/h8H,1-4H3,(H,12,13). The minimum atomic E-state index is -0.856. The van der Waals surface area contributed by atoms with E-state index in [4.69, 9.17) is 5.11 Å². The van der Waals surface area contributed by atoms with Gasteiger partial charge in [-0.2, -0.15) is 5.10 Å². The average molecular weight is 182 g/mol. The average Bonchev–Trinajstić information content (AvgIpc) is 2.31. The molecule has 13 heavy (non-hydrogen) atoms. The van der Waals surface area contributed by atoms with Crippen LogP contribution < -0.4 is 0 Å². The van der Waals surface area contributed by atoms with Crippen LogP contribution in [0.1, 0.15) is 29.9 Å². The summed E-state index contributed by atoms with van der Waals surface area (Å²) in [5, 5.41) is 13.0. The first kappa shape index (κ1) is 9.77. The van der Waals surface area contributed by atoms with Crippen LogP contribution >= 0.6 is 0 Å². The third-order valence-electron chi connectivity index (χ3n) is 2.41. The molecule has 1 atom stereocenters. The minimum absolute atomic E-state index is 0.590. The summed E-state index contributed by atoms with van der Waals surface area (Å²) in [5.74, 6) is -0.856. The number of aryl methyl sites for hydroxylation is 1. The van der Waals surface area contributed by atoms with Gasteiger partial charge in [0.25, 0.3) is 0 Å². The number of carboxylic acid groups (broad SMARTS) is 1. The second kappa shape index (κ2) is 3.20. The van der Waals surface area contributed by atoms with Crippen LogP contribution in [-0.4, -0.2) is 20.9 Å². The summed E-state index contributed by atoms with van der Waals surface area (Å²) in [6.07, 6.45) is 0. The Balaban J connectivity index is 3.15. The summed E-state index contributed by atoms with van der Waals surface area (Å²) in [6, 6.07) is -0.590. The molecule has 1 N–H and O–H groups in total. The second-order valence-corrected chi connectivity index (χ2v) is 3.25. The molecule has 72 valence electrons. The van der Waals surface area contributed by atoms with E-state index >= 15 is 0 Å². The molecule has 0 aliphatic rings. The van der Waals surface area contributed by atoms with Gasteiger partial charge in [-0.05, 0) is 33.3 Å². The molecule has 4 nitrogen and oxygen atoms in total. The number of aromatic nitrogens is 2. The van der Waals surface area contributed by atoms with Crippen LogP contribution in [-0.2, 0) is 4.79 Å². The highest BCUT2D eigenvalue weighted by Crippen LogP contribution is 2.15. The fourth-order valence-corrected chi connectivity index (χ4v) is 1.23.